The Balaban J connectivity index is 0.00000210. The molecule has 0 saturated heterocycles. The minimum Gasteiger partial charge on any atom is -0.291 e. The van der Waals surface area contributed by atoms with E-state index in [4.69, 9.17) is 0 Å². The number of hydrogen-bond donors (Lipinski definition) is 2. The molecule has 7 nitrogen and oxygen atoms in total. The molecule has 0 saturated carbocycles. The first kappa shape index (κ1) is 18.3. The molecule has 8 heteroatoms. The molecule has 0 unspecified atom stereocenters. The van der Waals surface area contributed by atoms with Gasteiger partial charge in [-0.1, -0.05) is 48.0 Å². The Morgan fingerprint density at radius 3 is 2.44 bits per heavy atom. The molecule has 0 atom stereocenters. The van der Waals surface area contributed by atoms with E-state index in [1.54, 1.807) is 12.1 Å². The molecule has 2 N–H and O–H groups in total. The van der Waals surface area contributed by atoms with Gasteiger partial charge in [0.05, 0.1) is 5.69 Å². The van der Waals surface area contributed by atoms with Crippen molar-refractivity contribution in [2.45, 2.75) is 6.92 Å². The Bertz CT molecular complexity index is 1150. The predicted molar refractivity (Wildman–Crippen MR) is 105 cm³/mol. The number of H-pyrrole nitrogens is 1. The van der Waals surface area contributed by atoms with Crippen LogP contribution < -0.4 is 10.9 Å². The average molecular weight is 382 g/mol. The molecule has 0 fully saturated rings. The molecule has 0 bridgehead atoms. The van der Waals surface area contributed by atoms with Crippen molar-refractivity contribution in [2.75, 3.05) is 5.32 Å². The molecule has 27 heavy (non-hydrogen) atoms. The SMILES string of the molecule is Cc1ccc(C(=O)Nc2nc3nc(-c4ccccc4)cc(=O)n3[nH]2)cc1.Cl. The Morgan fingerprint density at radius 1 is 1.04 bits per heavy atom. The molecule has 4 rings (SSSR count). The van der Waals surface area contributed by atoms with Crippen LogP contribution in [0.3, 0.4) is 0 Å². The summed E-state index contributed by atoms with van der Waals surface area (Å²) in [7, 11) is 0. The number of amides is 1. The monoisotopic (exact) mass is 381 g/mol. The zero-order valence-electron chi connectivity index (χ0n) is 14.3. The third-order valence-electron chi connectivity index (χ3n) is 3.95. The summed E-state index contributed by atoms with van der Waals surface area (Å²) in [6.07, 6.45) is 0. The second-order valence-corrected chi connectivity index (χ2v) is 5.87. The lowest BCUT2D eigenvalue weighted by molar-refractivity contribution is 0.102. The summed E-state index contributed by atoms with van der Waals surface area (Å²) >= 11 is 0. The first-order valence-corrected chi connectivity index (χ1v) is 8.03. The lowest BCUT2D eigenvalue weighted by atomic mass is 10.1. The molecule has 0 radical (unpaired) electrons. The fraction of sp³-hybridized carbons (Fsp3) is 0.0526. The zero-order chi connectivity index (χ0) is 18.1. The van der Waals surface area contributed by atoms with Crippen LogP contribution in [0, 0.1) is 6.92 Å². The van der Waals surface area contributed by atoms with E-state index in [0.29, 0.717) is 11.3 Å². The van der Waals surface area contributed by atoms with Crippen LogP contribution in [-0.2, 0) is 0 Å². The predicted octanol–water partition coefficient (Wildman–Crippen LogP) is 3.07. The van der Waals surface area contributed by atoms with Crippen molar-refractivity contribution < 1.29 is 4.79 Å². The Hall–Kier alpha value is -3.45. The Kier molecular flexibility index (Phi) is 5.05. The van der Waals surface area contributed by atoms with E-state index in [0.717, 1.165) is 11.1 Å². The first-order chi connectivity index (χ1) is 12.6. The number of aromatic nitrogens is 4. The maximum Gasteiger partial charge on any atom is 0.274 e. The number of aryl methyl sites for hydroxylation is 1. The summed E-state index contributed by atoms with van der Waals surface area (Å²) in [6.45, 7) is 1.95. The number of rotatable bonds is 3. The maximum atomic E-state index is 12.3. The minimum absolute atomic E-state index is 0. The lowest BCUT2D eigenvalue weighted by Gasteiger charge is -2.01. The number of aromatic amines is 1. The minimum atomic E-state index is -0.319. The third-order valence-corrected chi connectivity index (χ3v) is 3.95. The van der Waals surface area contributed by atoms with Gasteiger partial charge in [0.15, 0.2) is 0 Å². The second kappa shape index (κ2) is 7.43. The van der Waals surface area contributed by atoms with Crippen molar-refractivity contribution in [1.29, 1.82) is 0 Å². The number of anilines is 1. The van der Waals surface area contributed by atoms with Gasteiger partial charge in [-0.25, -0.2) is 4.98 Å². The quantitative estimate of drug-likeness (QED) is 0.570. The fourth-order valence-corrected chi connectivity index (χ4v) is 2.58. The van der Waals surface area contributed by atoms with Crippen LogP contribution in [0.25, 0.3) is 17.0 Å². The number of benzene rings is 2. The molecule has 0 spiro atoms. The van der Waals surface area contributed by atoms with Crippen LogP contribution in [0.5, 0.6) is 0 Å². The van der Waals surface area contributed by atoms with Crippen LogP contribution in [-0.4, -0.2) is 25.5 Å². The van der Waals surface area contributed by atoms with Gasteiger partial charge in [0.25, 0.3) is 17.2 Å². The smallest absolute Gasteiger partial charge is 0.274 e. The van der Waals surface area contributed by atoms with E-state index >= 15 is 0 Å². The summed E-state index contributed by atoms with van der Waals surface area (Å²) in [5, 5.41) is 5.40. The van der Waals surface area contributed by atoms with Crippen LogP contribution >= 0.6 is 12.4 Å². The van der Waals surface area contributed by atoms with E-state index < -0.39 is 0 Å². The number of fused-ring (bicyclic) bond motifs is 1. The lowest BCUT2D eigenvalue weighted by Crippen LogP contribution is -2.15. The number of nitrogens with one attached hydrogen (secondary N) is 2. The van der Waals surface area contributed by atoms with E-state index in [9.17, 15) is 9.59 Å². The highest BCUT2D eigenvalue weighted by Gasteiger charge is 2.12. The number of carbonyl (C=O) groups is 1. The molecule has 2 aromatic heterocycles. The molecule has 0 aliphatic rings. The number of halogens is 1. The number of carbonyl (C=O) groups excluding carboxylic acids is 1. The van der Waals surface area contributed by atoms with Gasteiger partial charge in [0.2, 0.25) is 5.95 Å². The van der Waals surface area contributed by atoms with Crippen molar-refractivity contribution in [3.05, 3.63) is 82.1 Å². The van der Waals surface area contributed by atoms with Gasteiger partial charge in [-0.15, -0.1) is 12.4 Å². The van der Waals surface area contributed by atoms with Gasteiger partial charge in [-0.2, -0.15) is 9.50 Å². The standard InChI is InChI=1S/C19H15N5O2.ClH/c1-12-7-9-14(10-8-12)17(26)21-18-22-19-20-15(11-16(25)24(19)23-18)13-5-3-2-4-6-13;/h2-11H,1H3,(H2,20,21,22,23,26);1H. The molecule has 2 aromatic carbocycles. The normalized spacial score (nSPS) is 10.4. The van der Waals surface area contributed by atoms with Gasteiger partial charge in [-0.05, 0) is 19.1 Å². The van der Waals surface area contributed by atoms with Crippen LogP contribution in [0.2, 0.25) is 0 Å². The summed E-state index contributed by atoms with van der Waals surface area (Å²) in [4.78, 5) is 33.2. The molecule has 4 aromatic rings. The summed E-state index contributed by atoms with van der Waals surface area (Å²) in [5.74, 6) is 0.0290. The highest BCUT2D eigenvalue weighted by Crippen LogP contribution is 2.15. The topological polar surface area (TPSA) is 92.2 Å². The van der Waals surface area contributed by atoms with E-state index in [-0.39, 0.29) is 35.6 Å². The van der Waals surface area contributed by atoms with E-state index in [2.05, 4.69) is 20.4 Å². The van der Waals surface area contributed by atoms with Crippen molar-refractivity contribution in [3.8, 4) is 11.3 Å². The second-order valence-electron chi connectivity index (χ2n) is 5.87. The van der Waals surface area contributed by atoms with Crippen LogP contribution in [0.1, 0.15) is 15.9 Å². The van der Waals surface area contributed by atoms with Crippen LogP contribution in [0.15, 0.2) is 65.5 Å². The van der Waals surface area contributed by atoms with E-state index in [1.807, 2.05) is 49.4 Å². The maximum absolute atomic E-state index is 12.3. The zero-order valence-corrected chi connectivity index (χ0v) is 15.2. The van der Waals surface area contributed by atoms with Gasteiger partial charge in [-0.3, -0.25) is 20.0 Å². The highest BCUT2D eigenvalue weighted by molar-refractivity contribution is 6.03. The summed E-state index contributed by atoms with van der Waals surface area (Å²) < 4.78 is 1.19. The largest absolute Gasteiger partial charge is 0.291 e. The fourth-order valence-electron chi connectivity index (χ4n) is 2.58. The van der Waals surface area contributed by atoms with Gasteiger partial charge >= 0.3 is 0 Å². The van der Waals surface area contributed by atoms with Crippen molar-refractivity contribution >= 4 is 30.0 Å². The van der Waals surface area contributed by atoms with Crippen molar-refractivity contribution in [1.82, 2.24) is 19.6 Å². The molecule has 1 amide bonds. The molecule has 136 valence electrons. The van der Waals surface area contributed by atoms with Gasteiger partial charge in [0, 0.05) is 17.2 Å². The Labute approximate surface area is 160 Å². The van der Waals surface area contributed by atoms with Gasteiger partial charge < -0.3 is 0 Å². The molecule has 0 aliphatic carbocycles. The molecular weight excluding hydrogens is 366 g/mol. The average Bonchev–Trinajstić information content (AvgIpc) is 3.06. The van der Waals surface area contributed by atoms with Crippen LogP contribution in [0.4, 0.5) is 5.95 Å². The molecular formula is C19H16ClN5O2. The Morgan fingerprint density at radius 2 is 1.74 bits per heavy atom. The van der Waals surface area contributed by atoms with Gasteiger partial charge in [0.1, 0.15) is 0 Å². The third kappa shape index (κ3) is 3.73. The van der Waals surface area contributed by atoms with Crippen molar-refractivity contribution in [2.24, 2.45) is 0 Å². The summed E-state index contributed by atoms with van der Waals surface area (Å²) in [6, 6.07) is 17.9. The number of hydrogen-bond acceptors (Lipinski definition) is 4. The van der Waals surface area contributed by atoms with Crippen molar-refractivity contribution in [3.63, 3.8) is 0 Å². The molecule has 0 aliphatic heterocycles. The number of nitrogens with zero attached hydrogens (tertiary/aromatic N) is 3. The first-order valence-electron chi connectivity index (χ1n) is 8.03. The highest BCUT2D eigenvalue weighted by atomic mass is 35.5. The van der Waals surface area contributed by atoms with E-state index in [1.165, 1.54) is 10.6 Å². The summed E-state index contributed by atoms with van der Waals surface area (Å²) in [5.41, 5.74) is 2.60. The molecule has 2 heterocycles.